The van der Waals surface area contributed by atoms with Crippen LogP contribution >= 0.6 is 0 Å². The minimum absolute atomic E-state index is 0.241. The molecular weight excluding hydrogens is 197 g/mol. The number of aryl methyl sites for hydroxylation is 1. The second kappa shape index (κ2) is 3.83. The largest absolute Gasteiger partial charge is 0.574 e. The van der Waals surface area contributed by atoms with Crippen molar-refractivity contribution >= 4 is 0 Å². The third-order valence-corrected chi connectivity index (χ3v) is 1.61. The molecule has 0 saturated carbocycles. The molecule has 3 nitrogen and oxygen atoms in total. The van der Waals surface area contributed by atoms with Crippen molar-refractivity contribution in [1.82, 2.24) is 4.98 Å². The normalized spacial score (nSPS) is 11.5. The lowest BCUT2D eigenvalue weighted by Crippen LogP contribution is -2.18. The average molecular weight is 206 g/mol. The van der Waals surface area contributed by atoms with Gasteiger partial charge in [0, 0.05) is 18.3 Å². The molecule has 0 aliphatic rings. The topological polar surface area (TPSA) is 48.1 Å². The van der Waals surface area contributed by atoms with Crippen LogP contribution in [0.4, 0.5) is 13.2 Å². The number of rotatable bonds is 2. The van der Waals surface area contributed by atoms with E-state index in [0.29, 0.717) is 11.3 Å². The molecule has 0 saturated heterocycles. The van der Waals surface area contributed by atoms with Gasteiger partial charge in [-0.15, -0.1) is 13.2 Å². The molecule has 0 aliphatic heterocycles. The van der Waals surface area contributed by atoms with Gasteiger partial charge in [-0.05, 0) is 12.5 Å². The van der Waals surface area contributed by atoms with E-state index in [1.165, 1.54) is 6.07 Å². The lowest BCUT2D eigenvalue weighted by molar-refractivity contribution is -0.276. The molecule has 2 N–H and O–H groups in total. The van der Waals surface area contributed by atoms with Crippen LogP contribution in [0.25, 0.3) is 0 Å². The number of halogens is 3. The SMILES string of the molecule is Cc1nc(OC(F)(F)F)ccc1CN. The highest BCUT2D eigenvalue weighted by atomic mass is 19.4. The lowest BCUT2D eigenvalue weighted by Gasteiger charge is -2.09. The summed E-state index contributed by atoms with van der Waals surface area (Å²) in [6, 6.07) is 2.60. The van der Waals surface area contributed by atoms with E-state index in [0.717, 1.165) is 6.07 Å². The summed E-state index contributed by atoms with van der Waals surface area (Å²) in [6.45, 7) is 1.82. The monoisotopic (exact) mass is 206 g/mol. The number of pyridine rings is 1. The Labute approximate surface area is 78.7 Å². The van der Waals surface area contributed by atoms with Crippen LogP contribution in [0, 0.1) is 6.92 Å². The van der Waals surface area contributed by atoms with E-state index in [9.17, 15) is 13.2 Å². The minimum Gasteiger partial charge on any atom is -0.388 e. The first-order chi connectivity index (χ1) is 6.42. The Morgan fingerprint density at radius 3 is 2.50 bits per heavy atom. The number of aromatic nitrogens is 1. The van der Waals surface area contributed by atoms with Crippen molar-refractivity contribution in [3.05, 3.63) is 23.4 Å². The fraction of sp³-hybridized carbons (Fsp3) is 0.375. The summed E-state index contributed by atoms with van der Waals surface area (Å²) in [5.74, 6) is -0.466. The van der Waals surface area contributed by atoms with Gasteiger partial charge in [0.05, 0.1) is 0 Å². The maximum absolute atomic E-state index is 11.8. The van der Waals surface area contributed by atoms with Crippen molar-refractivity contribution in [2.45, 2.75) is 19.8 Å². The summed E-state index contributed by atoms with van der Waals surface area (Å²) in [6.07, 6.45) is -4.70. The molecule has 0 amide bonds. The molecule has 0 unspecified atom stereocenters. The van der Waals surface area contributed by atoms with Crippen LogP contribution in [-0.2, 0) is 6.54 Å². The third-order valence-electron chi connectivity index (χ3n) is 1.61. The maximum atomic E-state index is 11.8. The molecule has 1 aromatic rings. The van der Waals surface area contributed by atoms with E-state index in [4.69, 9.17) is 5.73 Å². The summed E-state index contributed by atoms with van der Waals surface area (Å²) in [5, 5.41) is 0. The maximum Gasteiger partial charge on any atom is 0.574 e. The molecule has 0 aromatic carbocycles. The zero-order valence-corrected chi connectivity index (χ0v) is 7.43. The van der Waals surface area contributed by atoms with Gasteiger partial charge in [0.2, 0.25) is 5.88 Å². The highest BCUT2D eigenvalue weighted by Crippen LogP contribution is 2.21. The lowest BCUT2D eigenvalue weighted by atomic mass is 10.2. The quantitative estimate of drug-likeness (QED) is 0.801. The highest BCUT2D eigenvalue weighted by Gasteiger charge is 2.31. The van der Waals surface area contributed by atoms with Crippen molar-refractivity contribution in [2.75, 3.05) is 0 Å². The number of nitrogens with two attached hydrogens (primary N) is 1. The summed E-state index contributed by atoms with van der Waals surface area (Å²) >= 11 is 0. The molecule has 6 heteroatoms. The molecule has 1 aromatic heterocycles. The van der Waals surface area contributed by atoms with Crippen LogP contribution < -0.4 is 10.5 Å². The summed E-state index contributed by atoms with van der Waals surface area (Å²) in [7, 11) is 0. The second-order valence-electron chi connectivity index (χ2n) is 2.65. The van der Waals surface area contributed by atoms with E-state index in [2.05, 4.69) is 9.72 Å². The van der Waals surface area contributed by atoms with Crippen molar-refractivity contribution < 1.29 is 17.9 Å². The van der Waals surface area contributed by atoms with Crippen LogP contribution in [0.1, 0.15) is 11.3 Å². The predicted octanol–water partition coefficient (Wildman–Crippen LogP) is 1.75. The number of nitrogens with zero attached hydrogens (tertiary/aromatic N) is 1. The summed E-state index contributed by atoms with van der Waals surface area (Å²) < 4.78 is 38.9. The molecule has 0 aliphatic carbocycles. The third kappa shape index (κ3) is 2.88. The Morgan fingerprint density at radius 1 is 1.43 bits per heavy atom. The van der Waals surface area contributed by atoms with E-state index >= 15 is 0 Å². The Balaban J connectivity index is 2.87. The molecule has 78 valence electrons. The first kappa shape index (κ1) is 10.8. The zero-order valence-electron chi connectivity index (χ0n) is 7.43. The number of hydrogen-bond donors (Lipinski definition) is 1. The number of hydrogen-bond acceptors (Lipinski definition) is 3. The molecule has 0 spiro atoms. The van der Waals surface area contributed by atoms with Crippen LogP contribution in [0.5, 0.6) is 5.88 Å². The van der Waals surface area contributed by atoms with Crippen molar-refractivity contribution in [3.63, 3.8) is 0 Å². The minimum atomic E-state index is -4.70. The number of alkyl halides is 3. The Bertz CT molecular complexity index is 325. The molecule has 1 rings (SSSR count). The van der Waals surface area contributed by atoms with E-state index < -0.39 is 12.2 Å². The van der Waals surface area contributed by atoms with Gasteiger partial charge in [-0.25, -0.2) is 4.98 Å². The molecule has 0 bridgehead atoms. The average Bonchev–Trinajstić information content (AvgIpc) is 2.01. The van der Waals surface area contributed by atoms with Crippen molar-refractivity contribution in [2.24, 2.45) is 5.73 Å². The fourth-order valence-corrected chi connectivity index (χ4v) is 0.958. The van der Waals surface area contributed by atoms with Gasteiger partial charge >= 0.3 is 6.36 Å². The second-order valence-corrected chi connectivity index (χ2v) is 2.65. The van der Waals surface area contributed by atoms with Crippen molar-refractivity contribution in [1.29, 1.82) is 0 Å². The Kier molecular flexibility index (Phi) is 2.95. The van der Waals surface area contributed by atoms with Gasteiger partial charge in [0.15, 0.2) is 0 Å². The first-order valence-electron chi connectivity index (χ1n) is 3.84. The summed E-state index contributed by atoms with van der Waals surface area (Å²) in [5.41, 5.74) is 6.46. The molecule has 0 radical (unpaired) electrons. The zero-order chi connectivity index (χ0) is 10.8. The number of ether oxygens (including phenoxy) is 1. The Hall–Kier alpha value is -1.30. The molecular formula is C8H9F3N2O. The standard InChI is InChI=1S/C8H9F3N2O/c1-5-6(4-12)2-3-7(13-5)14-8(9,10)11/h2-3H,4,12H2,1H3. The Morgan fingerprint density at radius 2 is 2.07 bits per heavy atom. The van der Waals surface area contributed by atoms with Crippen LogP contribution in [-0.4, -0.2) is 11.3 Å². The highest BCUT2D eigenvalue weighted by molar-refractivity contribution is 5.24. The van der Waals surface area contributed by atoms with E-state index in [1.54, 1.807) is 6.92 Å². The van der Waals surface area contributed by atoms with E-state index in [1.807, 2.05) is 0 Å². The van der Waals surface area contributed by atoms with Gasteiger partial charge in [0.1, 0.15) is 0 Å². The fourth-order valence-electron chi connectivity index (χ4n) is 0.958. The van der Waals surface area contributed by atoms with Crippen LogP contribution in [0.2, 0.25) is 0 Å². The van der Waals surface area contributed by atoms with Gasteiger partial charge < -0.3 is 10.5 Å². The smallest absolute Gasteiger partial charge is 0.388 e. The van der Waals surface area contributed by atoms with Crippen LogP contribution in [0.15, 0.2) is 12.1 Å². The summed E-state index contributed by atoms with van der Waals surface area (Å²) in [4.78, 5) is 3.61. The molecule has 1 heterocycles. The molecule has 0 atom stereocenters. The predicted molar refractivity (Wildman–Crippen MR) is 43.5 cm³/mol. The van der Waals surface area contributed by atoms with Crippen molar-refractivity contribution in [3.8, 4) is 5.88 Å². The van der Waals surface area contributed by atoms with Gasteiger partial charge in [0.25, 0.3) is 0 Å². The van der Waals surface area contributed by atoms with Gasteiger partial charge in [-0.1, -0.05) is 6.07 Å². The molecule has 0 fully saturated rings. The molecule has 14 heavy (non-hydrogen) atoms. The van der Waals surface area contributed by atoms with Crippen LogP contribution in [0.3, 0.4) is 0 Å². The van der Waals surface area contributed by atoms with Gasteiger partial charge in [-0.3, -0.25) is 0 Å². The van der Waals surface area contributed by atoms with Gasteiger partial charge in [-0.2, -0.15) is 0 Å². The first-order valence-corrected chi connectivity index (χ1v) is 3.84. The van der Waals surface area contributed by atoms with E-state index in [-0.39, 0.29) is 6.54 Å².